The average Bonchev–Trinajstić information content (AvgIpc) is 2.38. The summed E-state index contributed by atoms with van der Waals surface area (Å²) >= 11 is 0. The third kappa shape index (κ3) is 2.44. The van der Waals surface area contributed by atoms with Crippen molar-refractivity contribution in [3.05, 3.63) is 41.6 Å². The molecular formula is C14H17N3. The number of aromatic nitrogens is 2. The second kappa shape index (κ2) is 4.95. The van der Waals surface area contributed by atoms with Gasteiger partial charge in [-0.3, -0.25) is 0 Å². The predicted octanol–water partition coefficient (Wildman–Crippen LogP) is 3.06. The normalized spacial score (nSPS) is 10.3. The van der Waals surface area contributed by atoms with Gasteiger partial charge in [-0.15, -0.1) is 0 Å². The van der Waals surface area contributed by atoms with Gasteiger partial charge in [-0.2, -0.15) is 0 Å². The average molecular weight is 227 g/mol. The lowest BCUT2D eigenvalue weighted by molar-refractivity contribution is 1.00. The minimum Gasteiger partial charge on any atom is -0.373 e. The standard InChI is InChI=1S/C14H17N3/c1-4-11-9-13(15-3)17-14(16-11)12-8-6-5-7-10(12)2/h5-9H,4H2,1-3H3,(H,15,16,17). The lowest BCUT2D eigenvalue weighted by Gasteiger charge is -2.08. The van der Waals surface area contributed by atoms with Crippen LogP contribution in [0.3, 0.4) is 0 Å². The first-order valence-corrected chi connectivity index (χ1v) is 5.86. The Morgan fingerprint density at radius 3 is 2.59 bits per heavy atom. The molecule has 0 radical (unpaired) electrons. The van der Waals surface area contributed by atoms with Crippen molar-refractivity contribution in [1.82, 2.24) is 9.97 Å². The molecule has 0 atom stereocenters. The number of hydrogen-bond acceptors (Lipinski definition) is 3. The molecule has 0 unspecified atom stereocenters. The molecule has 0 aliphatic rings. The molecule has 1 aromatic heterocycles. The maximum Gasteiger partial charge on any atom is 0.162 e. The highest BCUT2D eigenvalue weighted by Crippen LogP contribution is 2.21. The number of nitrogens with zero attached hydrogens (tertiary/aromatic N) is 2. The molecule has 3 heteroatoms. The summed E-state index contributed by atoms with van der Waals surface area (Å²) in [7, 11) is 1.88. The van der Waals surface area contributed by atoms with E-state index in [0.717, 1.165) is 29.3 Å². The maximum absolute atomic E-state index is 4.58. The summed E-state index contributed by atoms with van der Waals surface area (Å²) in [6, 6.07) is 10.2. The highest BCUT2D eigenvalue weighted by atomic mass is 15.0. The van der Waals surface area contributed by atoms with E-state index in [2.05, 4.69) is 41.3 Å². The van der Waals surface area contributed by atoms with Crippen molar-refractivity contribution in [2.45, 2.75) is 20.3 Å². The second-order valence-electron chi connectivity index (χ2n) is 3.99. The van der Waals surface area contributed by atoms with Crippen molar-refractivity contribution in [2.24, 2.45) is 0 Å². The molecular weight excluding hydrogens is 210 g/mol. The van der Waals surface area contributed by atoms with Crippen molar-refractivity contribution < 1.29 is 0 Å². The first-order chi connectivity index (χ1) is 8.24. The summed E-state index contributed by atoms with van der Waals surface area (Å²) in [6.45, 7) is 4.18. The van der Waals surface area contributed by atoms with Crippen LogP contribution in [-0.4, -0.2) is 17.0 Å². The Balaban J connectivity index is 2.55. The monoisotopic (exact) mass is 227 g/mol. The van der Waals surface area contributed by atoms with Crippen LogP contribution in [0, 0.1) is 6.92 Å². The number of hydrogen-bond donors (Lipinski definition) is 1. The number of anilines is 1. The Morgan fingerprint density at radius 2 is 1.94 bits per heavy atom. The number of rotatable bonds is 3. The van der Waals surface area contributed by atoms with Crippen LogP contribution >= 0.6 is 0 Å². The van der Waals surface area contributed by atoms with Crippen LogP contribution in [0.1, 0.15) is 18.2 Å². The molecule has 1 N–H and O–H groups in total. The first kappa shape index (κ1) is 11.6. The summed E-state index contributed by atoms with van der Waals surface area (Å²) in [5.41, 5.74) is 3.35. The molecule has 1 aromatic carbocycles. The third-order valence-corrected chi connectivity index (χ3v) is 2.78. The summed E-state index contributed by atoms with van der Waals surface area (Å²) in [6.07, 6.45) is 0.913. The minimum absolute atomic E-state index is 0.798. The smallest absolute Gasteiger partial charge is 0.162 e. The van der Waals surface area contributed by atoms with E-state index in [-0.39, 0.29) is 0 Å². The van der Waals surface area contributed by atoms with Crippen molar-refractivity contribution in [3.63, 3.8) is 0 Å². The van der Waals surface area contributed by atoms with Crippen LogP contribution < -0.4 is 5.32 Å². The van der Waals surface area contributed by atoms with Crippen molar-refractivity contribution in [2.75, 3.05) is 12.4 Å². The van der Waals surface area contributed by atoms with Gasteiger partial charge in [-0.05, 0) is 18.9 Å². The van der Waals surface area contributed by atoms with E-state index in [9.17, 15) is 0 Å². The van der Waals surface area contributed by atoms with Gasteiger partial charge in [0, 0.05) is 24.4 Å². The van der Waals surface area contributed by atoms with Crippen LogP contribution in [0.25, 0.3) is 11.4 Å². The molecule has 0 fully saturated rings. The topological polar surface area (TPSA) is 37.8 Å². The summed E-state index contributed by atoms with van der Waals surface area (Å²) < 4.78 is 0. The molecule has 88 valence electrons. The van der Waals surface area contributed by atoms with Gasteiger partial charge in [0.2, 0.25) is 0 Å². The van der Waals surface area contributed by atoms with E-state index in [1.54, 1.807) is 0 Å². The predicted molar refractivity (Wildman–Crippen MR) is 71.1 cm³/mol. The van der Waals surface area contributed by atoms with Crippen LogP contribution in [-0.2, 0) is 6.42 Å². The molecule has 0 saturated carbocycles. The van der Waals surface area contributed by atoms with E-state index < -0.39 is 0 Å². The zero-order valence-corrected chi connectivity index (χ0v) is 10.5. The zero-order valence-electron chi connectivity index (χ0n) is 10.5. The van der Waals surface area contributed by atoms with Crippen LogP contribution in [0.2, 0.25) is 0 Å². The number of benzene rings is 1. The summed E-state index contributed by atoms with van der Waals surface area (Å²) in [4.78, 5) is 9.09. The molecule has 0 spiro atoms. The Bertz CT molecular complexity index is 498. The minimum atomic E-state index is 0.798. The molecule has 2 rings (SSSR count). The van der Waals surface area contributed by atoms with Crippen molar-refractivity contribution >= 4 is 5.82 Å². The molecule has 0 aliphatic carbocycles. The Labute approximate surface area is 102 Å². The SMILES string of the molecule is CCc1cc(NC)nc(-c2ccccc2C)n1. The molecule has 0 bridgehead atoms. The number of nitrogens with one attached hydrogen (secondary N) is 1. The van der Waals surface area contributed by atoms with E-state index >= 15 is 0 Å². The third-order valence-electron chi connectivity index (χ3n) is 2.78. The van der Waals surface area contributed by atoms with Crippen molar-refractivity contribution in [1.29, 1.82) is 0 Å². The highest BCUT2D eigenvalue weighted by molar-refractivity contribution is 5.61. The van der Waals surface area contributed by atoms with E-state index in [1.807, 2.05) is 25.2 Å². The van der Waals surface area contributed by atoms with Crippen LogP contribution in [0.15, 0.2) is 30.3 Å². The fraction of sp³-hybridized carbons (Fsp3) is 0.286. The van der Waals surface area contributed by atoms with Gasteiger partial charge < -0.3 is 5.32 Å². The van der Waals surface area contributed by atoms with Crippen LogP contribution in [0.4, 0.5) is 5.82 Å². The highest BCUT2D eigenvalue weighted by Gasteiger charge is 2.07. The molecule has 17 heavy (non-hydrogen) atoms. The lowest BCUT2D eigenvalue weighted by Crippen LogP contribution is -2.01. The first-order valence-electron chi connectivity index (χ1n) is 5.86. The van der Waals surface area contributed by atoms with Crippen LogP contribution in [0.5, 0.6) is 0 Å². The Hall–Kier alpha value is -1.90. The summed E-state index contributed by atoms with van der Waals surface area (Å²) in [5, 5.41) is 3.08. The quantitative estimate of drug-likeness (QED) is 0.875. The molecule has 0 saturated heterocycles. The molecule has 1 heterocycles. The molecule has 0 amide bonds. The largest absolute Gasteiger partial charge is 0.373 e. The fourth-order valence-corrected chi connectivity index (χ4v) is 1.75. The Kier molecular flexibility index (Phi) is 3.38. The Morgan fingerprint density at radius 1 is 1.18 bits per heavy atom. The second-order valence-corrected chi connectivity index (χ2v) is 3.99. The number of aryl methyl sites for hydroxylation is 2. The van der Waals surface area contributed by atoms with Gasteiger partial charge in [0.15, 0.2) is 5.82 Å². The zero-order chi connectivity index (χ0) is 12.3. The molecule has 0 aliphatic heterocycles. The maximum atomic E-state index is 4.58. The van der Waals surface area contributed by atoms with E-state index in [1.165, 1.54) is 5.56 Å². The lowest BCUT2D eigenvalue weighted by atomic mass is 10.1. The van der Waals surface area contributed by atoms with Gasteiger partial charge in [0.1, 0.15) is 5.82 Å². The van der Waals surface area contributed by atoms with Gasteiger partial charge in [0.05, 0.1) is 0 Å². The summed E-state index contributed by atoms with van der Waals surface area (Å²) in [5.74, 6) is 1.67. The van der Waals surface area contributed by atoms with Gasteiger partial charge in [-0.25, -0.2) is 9.97 Å². The molecule has 3 nitrogen and oxygen atoms in total. The van der Waals surface area contributed by atoms with E-state index in [4.69, 9.17) is 0 Å². The van der Waals surface area contributed by atoms with Gasteiger partial charge in [0.25, 0.3) is 0 Å². The van der Waals surface area contributed by atoms with Gasteiger partial charge in [-0.1, -0.05) is 31.2 Å². The fourth-order valence-electron chi connectivity index (χ4n) is 1.75. The van der Waals surface area contributed by atoms with Crippen molar-refractivity contribution in [3.8, 4) is 11.4 Å². The molecule has 2 aromatic rings. The van der Waals surface area contributed by atoms with Gasteiger partial charge >= 0.3 is 0 Å². The van der Waals surface area contributed by atoms with E-state index in [0.29, 0.717) is 0 Å².